The number of benzene rings is 2. The number of anilines is 2. The van der Waals surface area contributed by atoms with Gasteiger partial charge < -0.3 is 4.90 Å². The van der Waals surface area contributed by atoms with Crippen LogP contribution >= 0.6 is 11.6 Å². The van der Waals surface area contributed by atoms with E-state index in [0.717, 1.165) is 42.6 Å². The minimum Gasteiger partial charge on any atom is -0.369 e. The van der Waals surface area contributed by atoms with Crippen molar-refractivity contribution in [1.29, 1.82) is 0 Å². The summed E-state index contributed by atoms with van der Waals surface area (Å²) in [5.74, 6) is -0.147. The Labute approximate surface area is 169 Å². The maximum absolute atomic E-state index is 12.9. The summed E-state index contributed by atoms with van der Waals surface area (Å²) in [5.41, 5.74) is 1.85. The van der Waals surface area contributed by atoms with Crippen LogP contribution in [0.15, 0.2) is 54.6 Å². The number of rotatable bonds is 4. The van der Waals surface area contributed by atoms with Crippen LogP contribution < -0.4 is 9.80 Å². The Kier molecular flexibility index (Phi) is 5.24. The third kappa shape index (κ3) is 3.57. The summed E-state index contributed by atoms with van der Waals surface area (Å²) >= 11 is 6.09. The van der Waals surface area contributed by atoms with Gasteiger partial charge in [-0.15, -0.1) is 0 Å². The summed E-state index contributed by atoms with van der Waals surface area (Å²) in [4.78, 5) is 33.0. The van der Waals surface area contributed by atoms with Crippen molar-refractivity contribution in [1.82, 2.24) is 9.80 Å². The molecule has 146 valence electrons. The van der Waals surface area contributed by atoms with E-state index >= 15 is 0 Å². The van der Waals surface area contributed by atoms with Crippen molar-refractivity contribution in [3.63, 3.8) is 0 Å². The van der Waals surface area contributed by atoms with E-state index in [1.54, 1.807) is 11.8 Å². The van der Waals surface area contributed by atoms with Crippen LogP contribution in [-0.4, -0.2) is 60.6 Å². The molecule has 2 aliphatic rings. The molecule has 3 amide bonds. The van der Waals surface area contributed by atoms with Crippen LogP contribution in [0.2, 0.25) is 5.02 Å². The zero-order valence-electron chi connectivity index (χ0n) is 15.8. The van der Waals surface area contributed by atoms with Gasteiger partial charge in [-0.3, -0.25) is 14.6 Å². The second kappa shape index (κ2) is 7.81. The molecule has 0 spiro atoms. The van der Waals surface area contributed by atoms with Gasteiger partial charge in [0.15, 0.2) is 0 Å². The summed E-state index contributed by atoms with van der Waals surface area (Å²) in [7, 11) is 0. The molecule has 0 radical (unpaired) electrons. The highest BCUT2D eigenvalue weighted by molar-refractivity contribution is 6.30. The van der Waals surface area contributed by atoms with Crippen molar-refractivity contribution >= 4 is 34.9 Å². The minimum absolute atomic E-state index is 0.147. The van der Waals surface area contributed by atoms with E-state index in [4.69, 9.17) is 11.6 Å². The van der Waals surface area contributed by atoms with Gasteiger partial charge in [0, 0.05) is 42.6 Å². The standard InChI is InChI=1S/C21H23ClN4O2/c1-16-20(27)25(21(28)26(16)18-7-3-2-4-8-18)15-23-10-12-24(13-11-23)19-9-5-6-17(22)14-19/h2-9,14,16H,10-13,15H2,1H3. The lowest BCUT2D eigenvalue weighted by atomic mass is 10.2. The van der Waals surface area contributed by atoms with Gasteiger partial charge in [0.05, 0.1) is 6.67 Å². The predicted molar refractivity (Wildman–Crippen MR) is 111 cm³/mol. The monoisotopic (exact) mass is 398 g/mol. The molecular formula is C21H23ClN4O2. The Hall–Kier alpha value is -2.57. The molecule has 0 aromatic heterocycles. The number of hydrogen-bond donors (Lipinski definition) is 0. The number of amides is 3. The average molecular weight is 399 g/mol. The zero-order chi connectivity index (χ0) is 19.7. The van der Waals surface area contributed by atoms with Crippen LogP contribution in [0.1, 0.15) is 6.92 Å². The summed E-state index contributed by atoms with van der Waals surface area (Å²) < 4.78 is 0. The van der Waals surface area contributed by atoms with Gasteiger partial charge in [-0.1, -0.05) is 35.9 Å². The van der Waals surface area contributed by atoms with Gasteiger partial charge in [0.2, 0.25) is 0 Å². The van der Waals surface area contributed by atoms with E-state index in [0.29, 0.717) is 6.67 Å². The first-order chi connectivity index (χ1) is 13.5. The topological polar surface area (TPSA) is 47.1 Å². The number of carbonyl (C=O) groups is 2. The molecule has 0 saturated carbocycles. The highest BCUT2D eigenvalue weighted by Gasteiger charge is 2.43. The number of para-hydroxylation sites is 1. The molecule has 2 aromatic carbocycles. The largest absolute Gasteiger partial charge is 0.369 e. The second-order valence-corrected chi connectivity index (χ2v) is 7.59. The number of piperazine rings is 1. The highest BCUT2D eigenvalue weighted by atomic mass is 35.5. The smallest absolute Gasteiger partial charge is 0.333 e. The number of urea groups is 1. The van der Waals surface area contributed by atoms with E-state index in [2.05, 4.69) is 15.9 Å². The Bertz CT molecular complexity index is 868. The summed E-state index contributed by atoms with van der Waals surface area (Å²) in [6.07, 6.45) is 0. The Morgan fingerprint density at radius 1 is 0.929 bits per heavy atom. The van der Waals surface area contributed by atoms with E-state index in [9.17, 15) is 9.59 Å². The van der Waals surface area contributed by atoms with Gasteiger partial charge in [-0.05, 0) is 37.3 Å². The summed E-state index contributed by atoms with van der Waals surface area (Å²) in [6.45, 7) is 5.33. The molecule has 2 heterocycles. The van der Waals surface area contributed by atoms with Crippen LogP contribution in [0.3, 0.4) is 0 Å². The molecule has 6 nitrogen and oxygen atoms in total. The molecule has 0 N–H and O–H groups in total. The summed E-state index contributed by atoms with van der Waals surface area (Å²) in [6, 6.07) is 16.4. The quantitative estimate of drug-likeness (QED) is 0.741. The van der Waals surface area contributed by atoms with E-state index < -0.39 is 6.04 Å². The van der Waals surface area contributed by atoms with Gasteiger partial charge >= 0.3 is 6.03 Å². The second-order valence-electron chi connectivity index (χ2n) is 7.16. The number of imide groups is 1. The van der Waals surface area contributed by atoms with Crippen LogP contribution in [0.5, 0.6) is 0 Å². The lowest BCUT2D eigenvalue weighted by molar-refractivity contribution is -0.128. The van der Waals surface area contributed by atoms with Gasteiger partial charge in [0.25, 0.3) is 5.91 Å². The molecule has 1 atom stereocenters. The maximum atomic E-state index is 12.9. The maximum Gasteiger partial charge on any atom is 0.333 e. The van der Waals surface area contributed by atoms with Gasteiger partial charge in [-0.25, -0.2) is 9.69 Å². The lowest BCUT2D eigenvalue weighted by Crippen LogP contribution is -2.51. The van der Waals surface area contributed by atoms with E-state index in [-0.39, 0.29) is 11.9 Å². The molecular weight excluding hydrogens is 376 g/mol. The molecule has 1 unspecified atom stereocenters. The predicted octanol–water partition coefficient (Wildman–Crippen LogP) is 3.28. The zero-order valence-corrected chi connectivity index (χ0v) is 16.5. The first-order valence-corrected chi connectivity index (χ1v) is 9.85. The fraction of sp³-hybridized carbons (Fsp3) is 0.333. The van der Waals surface area contributed by atoms with Crippen LogP contribution in [0.25, 0.3) is 0 Å². The first kappa shape index (κ1) is 18.8. The third-order valence-corrected chi connectivity index (χ3v) is 5.60. The number of halogens is 1. The van der Waals surface area contributed by atoms with Crippen molar-refractivity contribution < 1.29 is 9.59 Å². The summed E-state index contributed by atoms with van der Waals surface area (Å²) in [5, 5.41) is 0.725. The molecule has 2 aromatic rings. The molecule has 7 heteroatoms. The van der Waals surface area contributed by atoms with Crippen LogP contribution in [0, 0.1) is 0 Å². The third-order valence-electron chi connectivity index (χ3n) is 5.37. The molecule has 2 aliphatic heterocycles. The molecule has 0 bridgehead atoms. The molecule has 2 fully saturated rings. The van der Waals surface area contributed by atoms with E-state index in [1.807, 2.05) is 48.5 Å². The van der Waals surface area contributed by atoms with Gasteiger partial charge in [-0.2, -0.15) is 0 Å². The fourth-order valence-electron chi connectivity index (χ4n) is 3.80. The normalized spacial score (nSPS) is 20.9. The fourth-order valence-corrected chi connectivity index (χ4v) is 3.98. The Morgan fingerprint density at radius 3 is 2.29 bits per heavy atom. The van der Waals surface area contributed by atoms with Crippen LogP contribution in [-0.2, 0) is 4.79 Å². The number of carbonyl (C=O) groups excluding carboxylic acids is 2. The van der Waals surface area contributed by atoms with E-state index in [1.165, 1.54) is 4.90 Å². The Balaban J connectivity index is 1.40. The molecule has 0 aliphatic carbocycles. The van der Waals surface area contributed by atoms with Crippen molar-refractivity contribution in [3.05, 3.63) is 59.6 Å². The van der Waals surface area contributed by atoms with Crippen molar-refractivity contribution in [2.45, 2.75) is 13.0 Å². The first-order valence-electron chi connectivity index (χ1n) is 9.47. The lowest BCUT2D eigenvalue weighted by Gasteiger charge is -2.37. The van der Waals surface area contributed by atoms with Crippen molar-refractivity contribution in [3.8, 4) is 0 Å². The SMILES string of the molecule is CC1C(=O)N(CN2CCN(c3cccc(Cl)c3)CC2)C(=O)N1c1ccccc1. The number of nitrogens with zero attached hydrogens (tertiary/aromatic N) is 4. The molecule has 2 saturated heterocycles. The molecule has 4 rings (SSSR count). The van der Waals surface area contributed by atoms with Crippen LogP contribution in [0.4, 0.5) is 16.2 Å². The minimum atomic E-state index is -0.484. The average Bonchev–Trinajstić information content (AvgIpc) is 2.92. The molecule has 28 heavy (non-hydrogen) atoms. The van der Waals surface area contributed by atoms with Crippen molar-refractivity contribution in [2.75, 3.05) is 42.6 Å². The highest BCUT2D eigenvalue weighted by Crippen LogP contribution is 2.26. The van der Waals surface area contributed by atoms with Crippen molar-refractivity contribution in [2.24, 2.45) is 0 Å². The van der Waals surface area contributed by atoms with Gasteiger partial charge in [0.1, 0.15) is 6.04 Å². The Morgan fingerprint density at radius 2 is 1.61 bits per heavy atom. The number of hydrogen-bond acceptors (Lipinski definition) is 4.